The van der Waals surface area contributed by atoms with E-state index >= 15 is 0 Å². The summed E-state index contributed by atoms with van der Waals surface area (Å²) in [4.78, 5) is 27.1. The molecule has 0 bridgehead atoms. The number of hydrogen-bond donors (Lipinski definition) is 2. The van der Waals surface area contributed by atoms with Crippen LogP contribution in [-0.4, -0.2) is 34.9 Å². The lowest BCUT2D eigenvalue weighted by Gasteiger charge is -2.22. The zero-order valence-electron chi connectivity index (χ0n) is 15.8. The summed E-state index contributed by atoms with van der Waals surface area (Å²) in [5.74, 6) is -0.191. The van der Waals surface area contributed by atoms with E-state index in [1.807, 2.05) is 47.4 Å². The van der Waals surface area contributed by atoms with E-state index in [4.69, 9.17) is 12.2 Å². The molecule has 0 aliphatic carbocycles. The van der Waals surface area contributed by atoms with Crippen LogP contribution in [0, 0.1) is 0 Å². The molecule has 2 aromatic rings. The van der Waals surface area contributed by atoms with Gasteiger partial charge in [0, 0.05) is 13.1 Å². The summed E-state index contributed by atoms with van der Waals surface area (Å²) in [6, 6.07) is 16.8. The van der Waals surface area contributed by atoms with Crippen LogP contribution in [0.3, 0.4) is 0 Å². The molecular formula is C22H25N3O2S. The van der Waals surface area contributed by atoms with E-state index in [0.717, 1.165) is 31.5 Å². The van der Waals surface area contributed by atoms with E-state index in [-0.39, 0.29) is 23.3 Å². The van der Waals surface area contributed by atoms with Crippen molar-refractivity contribution < 1.29 is 9.59 Å². The number of carbonyl (C=O) groups excluding carboxylic acids is 2. The number of nitrogens with zero attached hydrogens (tertiary/aromatic N) is 1. The van der Waals surface area contributed by atoms with Gasteiger partial charge in [0.1, 0.15) is 0 Å². The summed E-state index contributed by atoms with van der Waals surface area (Å²) >= 11 is 5.28. The molecule has 6 heteroatoms. The number of likely N-dealkylation sites (tertiary alicyclic amines) is 1. The number of carbonyl (C=O) groups is 2. The van der Waals surface area contributed by atoms with Gasteiger partial charge < -0.3 is 15.5 Å². The third-order valence-corrected chi connectivity index (χ3v) is 4.96. The van der Waals surface area contributed by atoms with Crippen molar-refractivity contribution in [1.82, 2.24) is 10.2 Å². The molecule has 2 N–H and O–H groups in total. The highest BCUT2D eigenvalue weighted by Crippen LogP contribution is 2.20. The minimum absolute atomic E-state index is 0.00316. The maximum atomic E-state index is 13.0. The second-order valence-corrected chi connectivity index (χ2v) is 7.32. The summed E-state index contributed by atoms with van der Waals surface area (Å²) < 4.78 is 0. The van der Waals surface area contributed by atoms with Gasteiger partial charge in [0.25, 0.3) is 5.91 Å². The van der Waals surface area contributed by atoms with Crippen molar-refractivity contribution in [2.45, 2.75) is 32.1 Å². The Bertz CT molecular complexity index is 831. The van der Waals surface area contributed by atoms with Gasteiger partial charge in [-0.15, -0.1) is 0 Å². The number of anilines is 1. The summed E-state index contributed by atoms with van der Waals surface area (Å²) in [7, 11) is 0. The number of nitrogens with one attached hydrogen (secondary N) is 2. The molecule has 1 aliphatic rings. The minimum Gasteiger partial charge on any atom is -0.339 e. The first-order valence-electron chi connectivity index (χ1n) is 9.66. The Labute approximate surface area is 171 Å². The zero-order chi connectivity index (χ0) is 19.8. The molecule has 0 spiro atoms. The molecule has 28 heavy (non-hydrogen) atoms. The first kappa shape index (κ1) is 20.0. The predicted octanol–water partition coefficient (Wildman–Crippen LogP) is 3.76. The molecule has 1 fully saturated rings. The SMILES string of the molecule is O=C(Cc1ccccc1)NC(=S)Nc1ccccc1C(=O)N1CCCCCC1. The Morgan fingerprint density at radius 3 is 2.25 bits per heavy atom. The monoisotopic (exact) mass is 395 g/mol. The van der Waals surface area contributed by atoms with Crippen LogP contribution >= 0.6 is 12.2 Å². The van der Waals surface area contributed by atoms with E-state index < -0.39 is 0 Å². The van der Waals surface area contributed by atoms with Crippen molar-refractivity contribution in [3.05, 3.63) is 65.7 Å². The minimum atomic E-state index is -0.194. The van der Waals surface area contributed by atoms with E-state index in [1.165, 1.54) is 12.8 Å². The highest BCUT2D eigenvalue weighted by molar-refractivity contribution is 7.80. The highest BCUT2D eigenvalue weighted by atomic mass is 32.1. The quantitative estimate of drug-likeness (QED) is 0.774. The fourth-order valence-electron chi connectivity index (χ4n) is 3.33. The van der Waals surface area contributed by atoms with Crippen LogP contribution in [0.1, 0.15) is 41.6 Å². The van der Waals surface area contributed by atoms with Crippen molar-refractivity contribution in [3.8, 4) is 0 Å². The van der Waals surface area contributed by atoms with Gasteiger partial charge in [-0.25, -0.2) is 0 Å². The smallest absolute Gasteiger partial charge is 0.255 e. The van der Waals surface area contributed by atoms with Crippen LogP contribution < -0.4 is 10.6 Å². The van der Waals surface area contributed by atoms with Gasteiger partial charge in [0.2, 0.25) is 5.91 Å². The summed E-state index contributed by atoms with van der Waals surface area (Å²) in [5.41, 5.74) is 2.10. The lowest BCUT2D eigenvalue weighted by Crippen LogP contribution is -2.36. The first-order chi connectivity index (χ1) is 13.6. The Kier molecular flexibility index (Phi) is 7.14. The van der Waals surface area contributed by atoms with Gasteiger partial charge in [-0.2, -0.15) is 0 Å². The van der Waals surface area contributed by atoms with Crippen LogP contribution in [0.2, 0.25) is 0 Å². The Balaban J connectivity index is 1.63. The molecule has 5 nitrogen and oxygen atoms in total. The first-order valence-corrected chi connectivity index (χ1v) is 10.1. The van der Waals surface area contributed by atoms with Crippen LogP contribution in [0.4, 0.5) is 5.69 Å². The lowest BCUT2D eigenvalue weighted by molar-refractivity contribution is -0.119. The molecule has 0 aromatic heterocycles. The Morgan fingerprint density at radius 1 is 0.893 bits per heavy atom. The molecule has 0 radical (unpaired) electrons. The average Bonchev–Trinajstić information content (AvgIpc) is 2.98. The fraction of sp³-hybridized carbons (Fsp3) is 0.318. The Hall–Kier alpha value is -2.73. The Morgan fingerprint density at radius 2 is 1.54 bits per heavy atom. The maximum absolute atomic E-state index is 13.0. The predicted molar refractivity (Wildman–Crippen MR) is 115 cm³/mol. The van der Waals surface area contributed by atoms with Crippen molar-refractivity contribution in [2.24, 2.45) is 0 Å². The van der Waals surface area contributed by atoms with E-state index in [0.29, 0.717) is 11.3 Å². The standard InChI is InChI=1S/C22H25N3O2S/c26-20(16-17-10-4-3-5-11-17)24-22(28)23-19-13-7-6-12-18(19)21(27)25-14-8-1-2-9-15-25/h3-7,10-13H,1-2,8-9,14-16H2,(H2,23,24,26,28). The average molecular weight is 396 g/mol. The summed E-state index contributed by atoms with van der Waals surface area (Å²) in [6.45, 7) is 1.57. The molecule has 1 saturated heterocycles. The van der Waals surface area contributed by atoms with Gasteiger partial charge in [0.05, 0.1) is 17.7 Å². The number of thiocarbonyl (C=S) groups is 1. The number of para-hydroxylation sites is 1. The molecule has 2 amide bonds. The molecule has 0 atom stereocenters. The number of rotatable bonds is 4. The van der Waals surface area contributed by atoms with E-state index in [2.05, 4.69) is 10.6 Å². The van der Waals surface area contributed by atoms with Gasteiger partial charge in [0.15, 0.2) is 5.11 Å². The lowest BCUT2D eigenvalue weighted by atomic mass is 10.1. The molecule has 0 saturated carbocycles. The van der Waals surface area contributed by atoms with Crippen molar-refractivity contribution in [3.63, 3.8) is 0 Å². The topological polar surface area (TPSA) is 61.4 Å². The number of hydrogen-bond acceptors (Lipinski definition) is 3. The van der Waals surface area contributed by atoms with Gasteiger partial charge in [-0.1, -0.05) is 55.3 Å². The molecular weight excluding hydrogens is 370 g/mol. The largest absolute Gasteiger partial charge is 0.339 e. The van der Waals surface area contributed by atoms with E-state index in [9.17, 15) is 9.59 Å². The number of benzene rings is 2. The van der Waals surface area contributed by atoms with Crippen LogP contribution in [0.25, 0.3) is 0 Å². The van der Waals surface area contributed by atoms with Crippen molar-refractivity contribution in [1.29, 1.82) is 0 Å². The second-order valence-electron chi connectivity index (χ2n) is 6.92. The zero-order valence-corrected chi connectivity index (χ0v) is 16.6. The maximum Gasteiger partial charge on any atom is 0.255 e. The summed E-state index contributed by atoms with van der Waals surface area (Å²) in [6.07, 6.45) is 4.66. The van der Waals surface area contributed by atoms with Crippen LogP contribution in [-0.2, 0) is 11.2 Å². The molecule has 3 rings (SSSR count). The third-order valence-electron chi connectivity index (χ3n) is 4.76. The fourth-order valence-corrected chi connectivity index (χ4v) is 3.55. The molecule has 146 valence electrons. The molecule has 1 aliphatic heterocycles. The van der Waals surface area contributed by atoms with Gasteiger partial charge in [-0.05, 0) is 42.8 Å². The van der Waals surface area contributed by atoms with Crippen LogP contribution in [0.5, 0.6) is 0 Å². The second kappa shape index (κ2) is 9.99. The number of amides is 2. The van der Waals surface area contributed by atoms with Gasteiger partial charge >= 0.3 is 0 Å². The van der Waals surface area contributed by atoms with Crippen molar-refractivity contribution >= 4 is 34.8 Å². The normalized spacial score (nSPS) is 14.1. The van der Waals surface area contributed by atoms with E-state index in [1.54, 1.807) is 12.1 Å². The van der Waals surface area contributed by atoms with Gasteiger partial charge in [-0.3, -0.25) is 9.59 Å². The highest BCUT2D eigenvalue weighted by Gasteiger charge is 2.20. The van der Waals surface area contributed by atoms with Crippen LogP contribution in [0.15, 0.2) is 54.6 Å². The molecule has 2 aromatic carbocycles. The molecule has 1 heterocycles. The molecule has 0 unspecified atom stereocenters. The summed E-state index contributed by atoms with van der Waals surface area (Å²) in [5, 5.41) is 5.90. The van der Waals surface area contributed by atoms with Crippen molar-refractivity contribution in [2.75, 3.05) is 18.4 Å². The third kappa shape index (κ3) is 5.63.